The van der Waals surface area contributed by atoms with Crippen LogP contribution in [0.3, 0.4) is 0 Å². The van der Waals surface area contributed by atoms with E-state index in [9.17, 15) is 0 Å². The standard InChI is InChI=1S/C10H14ClN5O/c1-6(2)17-4-3-12-8-7-5-13-16-9(7)15-10(11)14-8/h5-6H,3-4H2,1-2H3,(H2,12,13,14,15,16). The van der Waals surface area contributed by atoms with Crippen molar-refractivity contribution in [1.29, 1.82) is 0 Å². The van der Waals surface area contributed by atoms with E-state index in [1.807, 2.05) is 13.8 Å². The van der Waals surface area contributed by atoms with Gasteiger partial charge in [0.25, 0.3) is 0 Å². The number of nitrogens with one attached hydrogen (secondary N) is 2. The van der Waals surface area contributed by atoms with Crippen LogP contribution < -0.4 is 5.32 Å². The van der Waals surface area contributed by atoms with Crippen molar-refractivity contribution in [3.63, 3.8) is 0 Å². The van der Waals surface area contributed by atoms with Gasteiger partial charge in [-0.25, -0.2) is 0 Å². The van der Waals surface area contributed by atoms with Crippen molar-refractivity contribution < 1.29 is 4.74 Å². The zero-order chi connectivity index (χ0) is 12.3. The van der Waals surface area contributed by atoms with E-state index in [0.717, 1.165) is 5.39 Å². The highest BCUT2D eigenvalue weighted by molar-refractivity contribution is 6.28. The summed E-state index contributed by atoms with van der Waals surface area (Å²) in [7, 11) is 0. The molecule has 2 aromatic rings. The molecule has 0 atom stereocenters. The van der Waals surface area contributed by atoms with Gasteiger partial charge in [0, 0.05) is 6.54 Å². The molecule has 17 heavy (non-hydrogen) atoms. The third-order valence-corrected chi connectivity index (χ3v) is 2.30. The van der Waals surface area contributed by atoms with Crippen LogP contribution in [0.4, 0.5) is 5.82 Å². The molecule has 0 aromatic carbocycles. The zero-order valence-corrected chi connectivity index (χ0v) is 10.5. The Morgan fingerprint density at radius 2 is 2.29 bits per heavy atom. The van der Waals surface area contributed by atoms with E-state index in [2.05, 4.69) is 25.5 Å². The van der Waals surface area contributed by atoms with E-state index < -0.39 is 0 Å². The highest BCUT2D eigenvalue weighted by atomic mass is 35.5. The summed E-state index contributed by atoms with van der Waals surface area (Å²) in [6, 6.07) is 0. The van der Waals surface area contributed by atoms with Gasteiger partial charge in [-0.15, -0.1) is 0 Å². The fraction of sp³-hybridized carbons (Fsp3) is 0.500. The molecule has 2 rings (SSSR count). The van der Waals surface area contributed by atoms with Crippen molar-refractivity contribution in [1.82, 2.24) is 20.2 Å². The van der Waals surface area contributed by atoms with Crippen LogP contribution >= 0.6 is 11.6 Å². The van der Waals surface area contributed by atoms with Crippen LogP contribution in [-0.2, 0) is 4.74 Å². The van der Waals surface area contributed by atoms with Crippen LogP contribution in [0, 0.1) is 0 Å². The van der Waals surface area contributed by atoms with E-state index >= 15 is 0 Å². The lowest BCUT2D eigenvalue weighted by atomic mass is 10.4. The van der Waals surface area contributed by atoms with Crippen LogP contribution in [0.15, 0.2) is 6.20 Å². The number of rotatable bonds is 5. The van der Waals surface area contributed by atoms with Gasteiger partial charge in [0.05, 0.1) is 24.3 Å². The Kier molecular flexibility index (Phi) is 3.75. The highest BCUT2D eigenvalue weighted by Gasteiger charge is 2.07. The lowest BCUT2D eigenvalue weighted by Crippen LogP contribution is -2.14. The van der Waals surface area contributed by atoms with Crippen LogP contribution in [-0.4, -0.2) is 39.4 Å². The maximum atomic E-state index is 5.80. The number of anilines is 1. The quantitative estimate of drug-likeness (QED) is 0.630. The molecule has 0 aliphatic rings. The molecule has 0 aliphatic carbocycles. The Bertz CT molecular complexity index is 498. The topological polar surface area (TPSA) is 75.7 Å². The minimum absolute atomic E-state index is 0.189. The Hall–Kier alpha value is -1.40. The Labute approximate surface area is 104 Å². The van der Waals surface area contributed by atoms with Gasteiger partial charge in [-0.2, -0.15) is 15.1 Å². The van der Waals surface area contributed by atoms with Gasteiger partial charge in [-0.05, 0) is 25.4 Å². The second kappa shape index (κ2) is 5.29. The molecule has 2 aromatic heterocycles. The molecule has 92 valence electrons. The number of hydrogen-bond donors (Lipinski definition) is 2. The van der Waals surface area contributed by atoms with Gasteiger partial charge >= 0.3 is 0 Å². The maximum Gasteiger partial charge on any atom is 0.226 e. The minimum Gasteiger partial charge on any atom is -0.377 e. The highest BCUT2D eigenvalue weighted by Crippen LogP contribution is 2.19. The summed E-state index contributed by atoms with van der Waals surface area (Å²) < 4.78 is 5.43. The lowest BCUT2D eigenvalue weighted by molar-refractivity contribution is 0.0870. The molecule has 0 radical (unpaired) electrons. The van der Waals surface area contributed by atoms with E-state index in [-0.39, 0.29) is 11.4 Å². The predicted octanol–water partition coefficient (Wildman–Crippen LogP) is 1.84. The van der Waals surface area contributed by atoms with Crippen molar-refractivity contribution in [2.75, 3.05) is 18.5 Å². The summed E-state index contributed by atoms with van der Waals surface area (Å²) in [5, 5.41) is 10.8. The number of aromatic amines is 1. The number of H-pyrrole nitrogens is 1. The molecular formula is C10H14ClN5O. The SMILES string of the molecule is CC(C)OCCNc1nc(Cl)nc2[nH]ncc12. The maximum absolute atomic E-state index is 5.80. The number of fused-ring (bicyclic) bond motifs is 1. The van der Waals surface area contributed by atoms with Crippen molar-refractivity contribution in [2.24, 2.45) is 0 Å². The fourth-order valence-electron chi connectivity index (χ4n) is 1.41. The largest absolute Gasteiger partial charge is 0.377 e. The van der Waals surface area contributed by atoms with Crippen molar-refractivity contribution in [3.05, 3.63) is 11.5 Å². The molecule has 0 fully saturated rings. The average Bonchev–Trinajstić information content (AvgIpc) is 2.71. The predicted molar refractivity (Wildman–Crippen MR) is 66.3 cm³/mol. The number of hydrogen-bond acceptors (Lipinski definition) is 5. The molecule has 6 nitrogen and oxygen atoms in total. The van der Waals surface area contributed by atoms with Gasteiger partial charge in [0.15, 0.2) is 5.65 Å². The first-order valence-electron chi connectivity index (χ1n) is 5.39. The van der Waals surface area contributed by atoms with Gasteiger partial charge in [0.2, 0.25) is 5.28 Å². The number of ether oxygens (including phenoxy) is 1. The summed E-state index contributed by atoms with van der Waals surface area (Å²) >= 11 is 5.80. The van der Waals surface area contributed by atoms with E-state index in [1.54, 1.807) is 6.20 Å². The summed E-state index contributed by atoms with van der Waals surface area (Å²) in [6.45, 7) is 5.26. The second-order valence-electron chi connectivity index (χ2n) is 3.82. The lowest BCUT2D eigenvalue weighted by Gasteiger charge is -2.09. The van der Waals surface area contributed by atoms with Gasteiger partial charge in [0.1, 0.15) is 5.82 Å². The molecule has 7 heteroatoms. The normalized spacial score (nSPS) is 11.3. The molecule has 0 amide bonds. The van der Waals surface area contributed by atoms with Crippen LogP contribution in [0.1, 0.15) is 13.8 Å². The van der Waals surface area contributed by atoms with Gasteiger partial charge < -0.3 is 10.1 Å². The molecule has 2 heterocycles. The third-order valence-electron chi connectivity index (χ3n) is 2.13. The monoisotopic (exact) mass is 255 g/mol. The first kappa shape index (κ1) is 12.1. The minimum atomic E-state index is 0.189. The summed E-state index contributed by atoms with van der Waals surface area (Å²) in [6.07, 6.45) is 1.89. The van der Waals surface area contributed by atoms with Crippen LogP contribution in [0.5, 0.6) is 0 Å². The van der Waals surface area contributed by atoms with Crippen LogP contribution in [0.25, 0.3) is 11.0 Å². The first-order chi connectivity index (χ1) is 8.16. The number of aromatic nitrogens is 4. The van der Waals surface area contributed by atoms with E-state index in [1.165, 1.54) is 0 Å². The van der Waals surface area contributed by atoms with Crippen molar-refractivity contribution in [2.45, 2.75) is 20.0 Å². The average molecular weight is 256 g/mol. The molecular weight excluding hydrogens is 242 g/mol. The molecule has 0 saturated heterocycles. The third kappa shape index (κ3) is 3.04. The van der Waals surface area contributed by atoms with Gasteiger partial charge in [-0.3, -0.25) is 5.10 Å². The number of nitrogens with zero attached hydrogens (tertiary/aromatic N) is 3. The summed E-state index contributed by atoms with van der Waals surface area (Å²) in [5.41, 5.74) is 0.622. The van der Waals surface area contributed by atoms with E-state index in [0.29, 0.717) is 24.6 Å². The molecule has 0 bridgehead atoms. The Morgan fingerprint density at radius 1 is 1.47 bits per heavy atom. The van der Waals surface area contributed by atoms with Crippen molar-refractivity contribution >= 4 is 28.5 Å². The molecule has 2 N–H and O–H groups in total. The molecule has 0 saturated carbocycles. The smallest absolute Gasteiger partial charge is 0.226 e. The van der Waals surface area contributed by atoms with Crippen LogP contribution in [0.2, 0.25) is 5.28 Å². The summed E-state index contributed by atoms with van der Waals surface area (Å²) in [4.78, 5) is 8.14. The number of halogens is 1. The summed E-state index contributed by atoms with van der Waals surface area (Å²) in [5.74, 6) is 0.668. The van der Waals surface area contributed by atoms with Gasteiger partial charge in [-0.1, -0.05) is 0 Å². The first-order valence-corrected chi connectivity index (χ1v) is 5.76. The second-order valence-corrected chi connectivity index (χ2v) is 4.16. The Morgan fingerprint density at radius 3 is 3.06 bits per heavy atom. The Balaban J connectivity index is 2.04. The molecule has 0 unspecified atom stereocenters. The van der Waals surface area contributed by atoms with Crippen molar-refractivity contribution in [3.8, 4) is 0 Å². The fourth-order valence-corrected chi connectivity index (χ4v) is 1.58. The van der Waals surface area contributed by atoms with E-state index in [4.69, 9.17) is 16.3 Å². The molecule has 0 spiro atoms. The molecule has 0 aliphatic heterocycles. The zero-order valence-electron chi connectivity index (χ0n) is 9.70.